The molecular formula is C17H16ClFO. The first-order chi connectivity index (χ1) is 9.63. The zero-order valence-corrected chi connectivity index (χ0v) is 11.8. The van der Waals surface area contributed by atoms with Crippen molar-refractivity contribution in [2.24, 2.45) is 0 Å². The molecule has 0 bridgehead atoms. The van der Waals surface area contributed by atoms with Gasteiger partial charge in [0.25, 0.3) is 0 Å². The van der Waals surface area contributed by atoms with Gasteiger partial charge in [-0.05, 0) is 30.0 Å². The summed E-state index contributed by atoms with van der Waals surface area (Å²) in [6, 6.07) is 14.9. The van der Waals surface area contributed by atoms with E-state index in [2.05, 4.69) is 0 Å². The van der Waals surface area contributed by atoms with Gasteiger partial charge in [0.1, 0.15) is 5.82 Å². The molecule has 0 heterocycles. The predicted molar refractivity (Wildman–Crippen MR) is 78.5 cm³/mol. The highest BCUT2D eigenvalue weighted by Gasteiger charge is 2.50. The van der Waals surface area contributed by atoms with Crippen molar-refractivity contribution in [1.82, 2.24) is 0 Å². The average Bonchev–Trinajstić information content (AvgIpc) is 3.26. The van der Waals surface area contributed by atoms with Gasteiger partial charge in [-0.3, -0.25) is 0 Å². The maximum atomic E-state index is 13.9. The molecule has 3 heteroatoms. The van der Waals surface area contributed by atoms with Gasteiger partial charge < -0.3 is 5.11 Å². The summed E-state index contributed by atoms with van der Waals surface area (Å²) in [6.45, 7) is 0. The van der Waals surface area contributed by atoms with E-state index < -0.39 is 11.9 Å². The smallest absolute Gasteiger partial charge is 0.145 e. The Bertz CT molecular complexity index is 608. The lowest BCUT2D eigenvalue weighted by atomic mass is 9.86. The number of benzene rings is 2. The summed E-state index contributed by atoms with van der Waals surface area (Å²) in [5.41, 5.74) is 1.40. The van der Waals surface area contributed by atoms with E-state index in [9.17, 15) is 9.50 Å². The summed E-state index contributed by atoms with van der Waals surface area (Å²) in [5, 5.41) is 10.7. The minimum absolute atomic E-state index is 0.110. The minimum atomic E-state index is -0.585. The van der Waals surface area contributed by atoms with Crippen molar-refractivity contribution >= 4 is 11.6 Å². The van der Waals surface area contributed by atoms with Crippen molar-refractivity contribution in [3.63, 3.8) is 0 Å². The van der Waals surface area contributed by atoms with Crippen LogP contribution in [0.1, 0.15) is 24.0 Å². The van der Waals surface area contributed by atoms with Crippen LogP contribution in [0.15, 0.2) is 48.5 Å². The van der Waals surface area contributed by atoms with Crippen LogP contribution >= 0.6 is 11.6 Å². The van der Waals surface area contributed by atoms with Crippen molar-refractivity contribution in [1.29, 1.82) is 0 Å². The number of halogens is 2. The van der Waals surface area contributed by atoms with Crippen molar-refractivity contribution in [3.05, 3.63) is 70.5 Å². The van der Waals surface area contributed by atoms with Crippen LogP contribution in [0.2, 0.25) is 5.02 Å². The molecule has 0 spiro atoms. The molecule has 2 aromatic rings. The Labute approximate surface area is 123 Å². The number of hydrogen-bond acceptors (Lipinski definition) is 1. The quantitative estimate of drug-likeness (QED) is 0.898. The van der Waals surface area contributed by atoms with Crippen LogP contribution in [-0.4, -0.2) is 11.2 Å². The minimum Gasteiger partial charge on any atom is -0.392 e. The molecule has 20 heavy (non-hydrogen) atoms. The Balaban J connectivity index is 1.83. The molecule has 0 aliphatic heterocycles. The Morgan fingerprint density at radius 2 is 1.80 bits per heavy atom. The molecule has 1 unspecified atom stereocenters. The lowest BCUT2D eigenvalue weighted by Gasteiger charge is -2.23. The lowest BCUT2D eigenvalue weighted by Crippen LogP contribution is -2.28. The molecule has 1 aliphatic carbocycles. The van der Waals surface area contributed by atoms with Gasteiger partial charge in [0.2, 0.25) is 0 Å². The zero-order valence-electron chi connectivity index (χ0n) is 11.0. The molecule has 104 valence electrons. The maximum absolute atomic E-state index is 13.9. The van der Waals surface area contributed by atoms with Gasteiger partial charge in [0.15, 0.2) is 0 Å². The van der Waals surface area contributed by atoms with E-state index in [1.165, 1.54) is 6.07 Å². The molecule has 1 atom stereocenters. The van der Waals surface area contributed by atoms with Gasteiger partial charge in [0, 0.05) is 11.8 Å². The van der Waals surface area contributed by atoms with Crippen LogP contribution in [0.25, 0.3) is 0 Å². The molecule has 1 nitrogen and oxygen atoms in total. The summed E-state index contributed by atoms with van der Waals surface area (Å²) in [7, 11) is 0. The van der Waals surface area contributed by atoms with Gasteiger partial charge >= 0.3 is 0 Å². The summed E-state index contributed by atoms with van der Waals surface area (Å²) in [5.74, 6) is -0.419. The first-order valence-electron chi connectivity index (χ1n) is 6.80. The van der Waals surface area contributed by atoms with E-state index in [0.717, 1.165) is 18.4 Å². The van der Waals surface area contributed by atoms with Crippen LogP contribution in [0.5, 0.6) is 0 Å². The largest absolute Gasteiger partial charge is 0.392 e. The Hall–Kier alpha value is -1.38. The molecule has 0 aromatic heterocycles. The topological polar surface area (TPSA) is 20.2 Å². The molecule has 1 N–H and O–H groups in total. The molecule has 3 rings (SSSR count). The SMILES string of the molecule is OC(Cc1cccc(Cl)c1F)C1(c2ccccc2)CC1. The summed E-state index contributed by atoms with van der Waals surface area (Å²) >= 11 is 5.79. The second-order valence-corrected chi connectivity index (χ2v) is 5.86. The number of aliphatic hydroxyl groups excluding tert-OH is 1. The summed E-state index contributed by atoms with van der Waals surface area (Å²) in [4.78, 5) is 0. The fraction of sp³-hybridized carbons (Fsp3) is 0.294. The van der Waals surface area contributed by atoms with Crippen LogP contribution < -0.4 is 0 Å². The van der Waals surface area contributed by atoms with Gasteiger partial charge in [-0.2, -0.15) is 0 Å². The molecule has 1 saturated carbocycles. The van der Waals surface area contributed by atoms with E-state index in [1.54, 1.807) is 12.1 Å². The molecule has 1 aliphatic rings. The van der Waals surface area contributed by atoms with Crippen molar-refractivity contribution in [2.75, 3.05) is 0 Å². The Kier molecular flexibility index (Phi) is 3.53. The third kappa shape index (κ3) is 2.34. The van der Waals surface area contributed by atoms with Gasteiger partial charge in [0.05, 0.1) is 11.1 Å². The third-order valence-corrected chi connectivity index (χ3v) is 4.51. The van der Waals surface area contributed by atoms with Crippen LogP contribution in [0, 0.1) is 5.82 Å². The van der Waals surface area contributed by atoms with Crippen LogP contribution in [-0.2, 0) is 11.8 Å². The molecule has 1 fully saturated rings. The van der Waals surface area contributed by atoms with E-state index in [0.29, 0.717) is 12.0 Å². The molecular weight excluding hydrogens is 275 g/mol. The number of aliphatic hydroxyl groups is 1. The fourth-order valence-corrected chi connectivity index (χ4v) is 3.02. The molecule has 0 saturated heterocycles. The van der Waals surface area contributed by atoms with Gasteiger partial charge in [-0.1, -0.05) is 54.1 Å². The van der Waals surface area contributed by atoms with Crippen LogP contribution in [0.3, 0.4) is 0 Å². The number of rotatable bonds is 4. The number of hydrogen-bond donors (Lipinski definition) is 1. The highest BCUT2D eigenvalue weighted by Crippen LogP contribution is 2.51. The second kappa shape index (κ2) is 5.19. The fourth-order valence-electron chi connectivity index (χ4n) is 2.83. The van der Waals surface area contributed by atoms with Crippen molar-refractivity contribution in [2.45, 2.75) is 30.8 Å². The molecule has 0 amide bonds. The second-order valence-electron chi connectivity index (χ2n) is 5.46. The summed E-state index contributed by atoms with van der Waals surface area (Å²) in [6.07, 6.45) is 1.60. The normalized spacial score (nSPS) is 17.8. The Morgan fingerprint density at radius 1 is 1.10 bits per heavy atom. The average molecular weight is 291 g/mol. The first kappa shape index (κ1) is 13.6. The van der Waals surface area contributed by atoms with Crippen molar-refractivity contribution in [3.8, 4) is 0 Å². The standard InChI is InChI=1S/C17H16ClFO/c18-14-8-4-5-12(16(14)19)11-15(20)17(9-10-17)13-6-2-1-3-7-13/h1-8,15,20H,9-11H2. The zero-order chi connectivity index (χ0) is 14.2. The van der Waals surface area contributed by atoms with E-state index in [1.807, 2.05) is 30.3 Å². The Morgan fingerprint density at radius 3 is 2.45 bits per heavy atom. The van der Waals surface area contributed by atoms with E-state index in [4.69, 9.17) is 11.6 Å². The van der Waals surface area contributed by atoms with Gasteiger partial charge in [-0.25, -0.2) is 4.39 Å². The van der Waals surface area contributed by atoms with E-state index >= 15 is 0 Å². The lowest BCUT2D eigenvalue weighted by molar-refractivity contribution is 0.130. The molecule has 2 aromatic carbocycles. The van der Waals surface area contributed by atoms with E-state index in [-0.39, 0.29) is 10.4 Å². The first-order valence-corrected chi connectivity index (χ1v) is 7.18. The predicted octanol–water partition coefficient (Wildman–Crippen LogP) is 4.11. The highest BCUT2D eigenvalue weighted by atomic mass is 35.5. The third-order valence-electron chi connectivity index (χ3n) is 4.22. The monoisotopic (exact) mass is 290 g/mol. The molecule has 0 radical (unpaired) electrons. The van der Waals surface area contributed by atoms with Crippen molar-refractivity contribution < 1.29 is 9.50 Å². The summed E-state index contributed by atoms with van der Waals surface area (Å²) < 4.78 is 13.9. The van der Waals surface area contributed by atoms with Crippen LogP contribution in [0.4, 0.5) is 4.39 Å². The maximum Gasteiger partial charge on any atom is 0.145 e. The highest BCUT2D eigenvalue weighted by molar-refractivity contribution is 6.30. The van der Waals surface area contributed by atoms with Gasteiger partial charge in [-0.15, -0.1) is 0 Å².